The fourth-order valence-electron chi connectivity index (χ4n) is 2.11. The van der Waals surface area contributed by atoms with Crippen molar-refractivity contribution in [3.63, 3.8) is 0 Å². The molecule has 2 rings (SSSR count). The quantitative estimate of drug-likeness (QED) is 0.631. The second-order valence-electron chi connectivity index (χ2n) is 4.14. The number of piperazine rings is 1. The maximum absolute atomic E-state index is 11.0. The number of nitrogens with zero attached hydrogens (tertiary/aromatic N) is 3. The maximum atomic E-state index is 11.0. The topological polar surface area (TPSA) is 73.6 Å². The molecule has 0 amide bonds. The second-order valence-corrected chi connectivity index (χ2v) is 4.14. The number of carboxylic acid groups (broad SMARTS) is 1. The van der Waals surface area contributed by atoms with Crippen LogP contribution in [0.4, 0.5) is 5.82 Å². The lowest BCUT2D eigenvalue weighted by atomic mass is 10.2. The third kappa shape index (κ3) is 2.52. The van der Waals surface area contributed by atoms with Crippen LogP contribution in [0.5, 0.6) is 0 Å². The number of nitrogens with one attached hydrogen (secondary N) is 1. The smallest absolute Gasteiger partial charge is 0.141 e. The van der Waals surface area contributed by atoms with E-state index in [-0.39, 0.29) is 5.56 Å². The highest BCUT2D eigenvalue weighted by molar-refractivity contribution is 5.91. The number of anilines is 1. The van der Waals surface area contributed by atoms with E-state index in [1.54, 1.807) is 0 Å². The Kier molecular flexibility index (Phi) is 3.53. The zero-order valence-corrected chi connectivity index (χ0v) is 9.85. The van der Waals surface area contributed by atoms with Gasteiger partial charge in [0.15, 0.2) is 0 Å². The molecule has 1 aliphatic rings. The number of aromatic nitrogens is 2. The van der Waals surface area contributed by atoms with Crippen molar-refractivity contribution in [2.45, 2.75) is 6.92 Å². The van der Waals surface area contributed by atoms with Gasteiger partial charge in [-0.3, -0.25) is 0 Å². The van der Waals surface area contributed by atoms with E-state index in [0.717, 1.165) is 32.7 Å². The number of carbonyl (C=O) groups excluding carboxylic acids is 1. The summed E-state index contributed by atoms with van der Waals surface area (Å²) in [6.45, 7) is 6.91. The Morgan fingerprint density at radius 3 is 2.82 bits per heavy atom. The highest BCUT2D eigenvalue weighted by Gasteiger charge is 2.21. The van der Waals surface area contributed by atoms with Gasteiger partial charge in [-0.2, -0.15) is 0 Å². The van der Waals surface area contributed by atoms with Gasteiger partial charge in [0.2, 0.25) is 0 Å². The Labute approximate surface area is 99.9 Å². The third-order valence-electron chi connectivity index (χ3n) is 3.18. The van der Waals surface area contributed by atoms with Crippen molar-refractivity contribution >= 4 is 11.8 Å². The Bertz CT molecular complexity index is 402. The Morgan fingerprint density at radius 1 is 1.53 bits per heavy atom. The molecule has 0 radical (unpaired) electrons. The van der Waals surface area contributed by atoms with Crippen molar-refractivity contribution in [1.29, 1.82) is 0 Å². The number of carbonyl (C=O) groups is 1. The first-order chi connectivity index (χ1) is 8.22. The van der Waals surface area contributed by atoms with Crippen LogP contribution in [-0.4, -0.2) is 48.7 Å². The van der Waals surface area contributed by atoms with Gasteiger partial charge in [-0.15, -0.1) is 0 Å². The van der Waals surface area contributed by atoms with Gasteiger partial charge in [-0.1, -0.05) is 0 Å². The molecular weight excluding hydrogens is 220 g/mol. The van der Waals surface area contributed by atoms with Gasteiger partial charge in [-0.05, 0) is 6.92 Å². The zero-order chi connectivity index (χ0) is 12.3. The monoisotopic (exact) mass is 236 g/mol. The lowest BCUT2D eigenvalue weighted by Crippen LogP contribution is -3.14. The van der Waals surface area contributed by atoms with Gasteiger partial charge in [-0.25, -0.2) is 9.97 Å². The van der Waals surface area contributed by atoms with Gasteiger partial charge in [0, 0.05) is 6.20 Å². The summed E-state index contributed by atoms with van der Waals surface area (Å²) in [5, 5.41) is 11.0. The molecule has 0 bridgehead atoms. The van der Waals surface area contributed by atoms with E-state index in [9.17, 15) is 9.90 Å². The third-order valence-corrected chi connectivity index (χ3v) is 3.18. The molecule has 1 aromatic rings. The van der Waals surface area contributed by atoms with Crippen LogP contribution in [0, 0.1) is 0 Å². The predicted molar refractivity (Wildman–Crippen MR) is 59.8 cm³/mol. The van der Waals surface area contributed by atoms with E-state index in [1.165, 1.54) is 17.4 Å². The number of rotatable bonds is 3. The van der Waals surface area contributed by atoms with Crippen molar-refractivity contribution in [2.75, 3.05) is 37.6 Å². The maximum Gasteiger partial charge on any atom is 0.141 e. The Morgan fingerprint density at radius 2 is 2.24 bits per heavy atom. The molecule has 1 aromatic heterocycles. The molecule has 0 spiro atoms. The van der Waals surface area contributed by atoms with E-state index < -0.39 is 5.97 Å². The zero-order valence-electron chi connectivity index (χ0n) is 9.85. The first kappa shape index (κ1) is 11.8. The van der Waals surface area contributed by atoms with Crippen LogP contribution < -0.4 is 14.9 Å². The lowest BCUT2D eigenvalue weighted by Gasteiger charge is -2.33. The molecule has 6 nitrogen and oxygen atoms in total. The van der Waals surface area contributed by atoms with Crippen LogP contribution in [0.1, 0.15) is 17.3 Å². The first-order valence-electron chi connectivity index (χ1n) is 5.82. The number of likely N-dealkylation sites (N-methyl/N-ethyl adjacent to an activating group) is 1. The van der Waals surface area contributed by atoms with E-state index in [1.807, 2.05) is 4.90 Å². The molecule has 92 valence electrons. The summed E-state index contributed by atoms with van der Waals surface area (Å²) in [6, 6.07) is 0. The minimum Gasteiger partial charge on any atom is -0.545 e. The molecular formula is C11H16N4O2. The fraction of sp³-hybridized carbons (Fsp3) is 0.545. The van der Waals surface area contributed by atoms with Crippen molar-refractivity contribution in [1.82, 2.24) is 9.97 Å². The van der Waals surface area contributed by atoms with Gasteiger partial charge in [0.05, 0.1) is 44.3 Å². The van der Waals surface area contributed by atoms with Crippen molar-refractivity contribution in [3.8, 4) is 0 Å². The molecule has 0 unspecified atom stereocenters. The summed E-state index contributed by atoms with van der Waals surface area (Å²) in [5.74, 6) is -0.735. The number of hydrogen-bond donors (Lipinski definition) is 1. The molecule has 1 aliphatic heterocycles. The largest absolute Gasteiger partial charge is 0.545 e. The molecule has 0 aromatic carbocycles. The molecule has 0 atom stereocenters. The standard InChI is InChI=1S/C11H16N4O2/c1-2-14-3-5-15(6-4-14)10-9(11(16)17)7-12-8-13-10/h7-8H,2-6H2,1H3,(H,16,17). The molecule has 2 heterocycles. The summed E-state index contributed by atoms with van der Waals surface area (Å²) >= 11 is 0. The fourth-order valence-corrected chi connectivity index (χ4v) is 2.11. The van der Waals surface area contributed by atoms with Crippen LogP contribution in [-0.2, 0) is 0 Å². The SMILES string of the molecule is CC[NH+]1CCN(c2ncncc2C(=O)[O-])CC1. The van der Waals surface area contributed by atoms with E-state index >= 15 is 0 Å². The predicted octanol–water partition coefficient (Wildman–Crippen LogP) is -2.44. The molecule has 17 heavy (non-hydrogen) atoms. The molecule has 0 saturated carbocycles. The summed E-state index contributed by atoms with van der Waals surface area (Å²) in [4.78, 5) is 22.3. The van der Waals surface area contributed by atoms with E-state index in [2.05, 4.69) is 16.9 Å². The van der Waals surface area contributed by atoms with Crippen molar-refractivity contribution in [2.24, 2.45) is 0 Å². The van der Waals surface area contributed by atoms with Crippen molar-refractivity contribution < 1.29 is 14.8 Å². The number of carboxylic acids is 1. The average molecular weight is 236 g/mol. The number of aromatic carboxylic acids is 1. The van der Waals surface area contributed by atoms with Crippen LogP contribution in [0.25, 0.3) is 0 Å². The average Bonchev–Trinajstić information content (AvgIpc) is 2.39. The Hall–Kier alpha value is -1.69. The minimum atomic E-state index is -1.22. The normalized spacial score (nSPS) is 17.1. The molecule has 1 saturated heterocycles. The molecule has 6 heteroatoms. The molecule has 1 fully saturated rings. The lowest BCUT2D eigenvalue weighted by molar-refractivity contribution is -0.898. The number of hydrogen-bond acceptors (Lipinski definition) is 5. The molecule has 0 aliphatic carbocycles. The summed E-state index contributed by atoms with van der Waals surface area (Å²) in [7, 11) is 0. The van der Waals surface area contributed by atoms with Gasteiger partial charge in [0.1, 0.15) is 12.1 Å². The first-order valence-corrected chi connectivity index (χ1v) is 5.82. The van der Waals surface area contributed by atoms with Gasteiger partial charge < -0.3 is 19.7 Å². The van der Waals surface area contributed by atoms with Crippen LogP contribution in [0.15, 0.2) is 12.5 Å². The van der Waals surface area contributed by atoms with E-state index in [4.69, 9.17) is 0 Å². The highest BCUT2D eigenvalue weighted by atomic mass is 16.4. The highest BCUT2D eigenvalue weighted by Crippen LogP contribution is 2.14. The van der Waals surface area contributed by atoms with E-state index in [0.29, 0.717) is 5.82 Å². The second kappa shape index (κ2) is 5.09. The minimum absolute atomic E-state index is 0.0763. The van der Waals surface area contributed by atoms with Crippen molar-refractivity contribution in [3.05, 3.63) is 18.1 Å². The van der Waals surface area contributed by atoms with Gasteiger partial charge in [0.25, 0.3) is 0 Å². The summed E-state index contributed by atoms with van der Waals surface area (Å²) in [6.07, 6.45) is 2.68. The van der Waals surface area contributed by atoms with Crippen LogP contribution in [0.2, 0.25) is 0 Å². The van der Waals surface area contributed by atoms with Gasteiger partial charge >= 0.3 is 0 Å². The molecule has 1 N–H and O–H groups in total. The summed E-state index contributed by atoms with van der Waals surface area (Å²) < 4.78 is 0. The summed E-state index contributed by atoms with van der Waals surface area (Å²) in [5.41, 5.74) is 0.0763. The number of quaternary nitrogens is 1. The van der Waals surface area contributed by atoms with Crippen LogP contribution in [0.3, 0.4) is 0 Å². The Balaban J connectivity index is 2.15. The van der Waals surface area contributed by atoms with Crippen LogP contribution >= 0.6 is 0 Å².